The smallest absolute Gasteiger partial charge is 0.127 e. The number of benzene rings is 1. The summed E-state index contributed by atoms with van der Waals surface area (Å²) in [7, 11) is 3.36. The van der Waals surface area contributed by atoms with Crippen LogP contribution in [0.5, 0.6) is 11.5 Å². The third-order valence-electron chi connectivity index (χ3n) is 5.09. The maximum atomic E-state index is 5.88. The fourth-order valence-electron chi connectivity index (χ4n) is 3.52. The summed E-state index contributed by atoms with van der Waals surface area (Å²) in [6.45, 7) is 9.20. The van der Waals surface area contributed by atoms with Gasteiger partial charge in [-0.1, -0.05) is 12.6 Å². The van der Waals surface area contributed by atoms with Crippen LogP contribution in [0.25, 0.3) is 6.20 Å². The number of hydrogen-bond donors (Lipinski definition) is 0. The molecule has 2 aromatic rings. The normalized spacial score (nSPS) is 16.7. The molecule has 27 heavy (non-hydrogen) atoms. The summed E-state index contributed by atoms with van der Waals surface area (Å²) < 4.78 is 18.6. The molecule has 0 bridgehead atoms. The molecule has 2 heterocycles. The Bertz CT molecular complexity index is 766. The van der Waals surface area contributed by atoms with Gasteiger partial charge in [-0.3, -0.25) is 4.90 Å². The van der Waals surface area contributed by atoms with Crippen molar-refractivity contribution in [2.45, 2.75) is 39.0 Å². The van der Waals surface area contributed by atoms with Crippen LogP contribution in [-0.4, -0.2) is 48.2 Å². The minimum absolute atomic E-state index is 0.281. The van der Waals surface area contributed by atoms with Gasteiger partial charge < -0.3 is 14.2 Å². The number of hydrogen-bond acceptors (Lipinski definition) is 5. The maximum Gasteiger partial charge on any atom is 0.127 e. The first-order chi connectivity index (χ1) is 13.1. The van der Waals surface area contributed by atoms with Crippen LogP contribution in [-0.2, 0) is 17.8 Å². The molecule has 0 unspecified atom stereocenters. The average Bonchev–Trinajstić information content (AvgIpc) is 3.32. The monoisotopic (exact) mass is 371 g/mol. The summed E-state index contributed by atoms with van der Waals surface area (Å²) in [6.07, 6.45) is 6.18. The van der Waals surface area contributed by atoms with E-state index in [1.165, 1.54) is 5.56 Å². The maximum absolute atomic E-state index is 5.88. The highest BCUT2D eigenvalue weighted by atomic mass is 16.5. The summed E-state index contributed by atoms with van der Waals surface area (Å²) in [4.78, 5) is 2.40. The van der Waals surface area contributed by atoms with Gasteiger partial charge >= 0.3 is 0 Å². The highest BCUT2D eigenvalue weighted by molar-refractivity contribution is 5.40. The van der Waals surface area contributed by atoms with Crippen molar-refractivity contribution in [2.75, 3.05) is 27.4 Å². The summed E-state index contributed by atoms with van der Waals surface area (Å²) in [5, 5.41) is 4.38. The van der Waals surface area contributed by atoms with Gasteiger partial charge in [-0.05, 0) is 25.8 Å². The van der Waals surface area contributed by atoms with Crippen LogP contribution >= 0.6 is 0 Å². The van der Waals surface area contributed by atoms with E-state index in [4.69, 9.17) is 14.2 Å². The molecule has 1 aliphatic rings. The fraction of sp³-hybridized carbons (Fsp3) is 0.476. The molecule has 0 saturated carbocycles. The first kappa shape index (κ1) is 19.5. The SMILES string of the molecule is C=Cn1ncc(CN(Cc2ccc(OC)cc2OC)C[C@@H]2CCCO2)c1C. The van der Waals surface area contributed by atoms with E-state index in [1.54, 1.807) is 20.4 Å². The zero-order chi connectivity index (χ0) is 19.2. The van der Waals surface area contributed by atoms with Crippen molar-refractivity contribution in [3.8, 4) is 11.5 Å². The molecule has 1 atom stereocenters. The summed E-state index contributed by atoms with van der Waals surface area (Å²) in [5.74, 6) is 1.63. The van der Waals surface area contributed by atoms with Crippen molar-refractivity contribution in [2.24, 2.45) is 0 Å². The van der Waals surface area contributed by atoms with Crippen molar-refractivity contribution in [1.82, 2.24) is 14.7 Å². The van der Waals surface area contributed by atoms with Gasteiger partial charge in [-0.25, -0.2) is 4.68 Å². The van der Waals surface area contributed by atoms with E-state index in [2.05, 4.69) is 29.6 Å². The van der Waals surface area contributed by atoms with Gasteiger partial charge in [0, 0.05) is 55.3 Å². The third kappa shape index (κ3) is 4.70. The number of rotatable bonds is 9. The van der Waals surface area contributed by atoms with Crippen LogP contribution in [0.4, 0.5) is 0 Å². The van der Waals surface area contributed by atoms with Crippen LogP contribution in [0.1, 0.15) is 29.7 Å². The zero-order valence-electron chi connectivity index (χ0n) is 16.5. The topological polar surface area (TPSA) is 48.8 Å². The van der Waals surface area contributed by atoms with Crippen molar-refractivity contribution in [3.05, 3.63) is 47.8 Å². The fourth-order valence-corrected chi connectivity index (χ4v) is 3.52. The summed E-state index contributed by atoms with van der Waals surface area (Å²) in [6, 6.07) is 5.98. The molecule has 1 aromatic carbocycles. The van der Waals surface area contributed by atoms with Gasteiger partial charge in [0.1, 0.15) is 11.5 Å². The molecule has 1 aliphatic heterocycles. The molecule has 6 heteroatoms. The Morgan fingerprint density at radius 3 is 2.74 bits per heavy atom. The van der Waals surface area contributed by atoms with Gasteiger partial charge in [-0.15, -0.1) is 0 Å². The minimum atomic E-state index is 0.281. The Morgan fingerprint density at radius 2 is 2.11 bits per heavy atom. The lowest BCUT2D eigenvalue weighted by atomic mass is 10.1. The Morgan fingerprint density at radius 1 is 1.30 bits per heavy atom. The molecule has 0 aliphatic carbocycles. The predicted molar refractivity (Wildman–Crippen MR) is 106 cm³/mol. The second-order valence-electron chi connectivity index (χ2n) is 6.86. The van der Waals surface area contributed by atoms with Gasteiger partial charge in [0.05, 0.1) is 26.5 Å². The lowest BCUT2D eigenvalue weighted by Crippen LogP contribution is -2.31. The van der Waals surface area contributed by atoms with Crippen LogP contribution in [0.3, 0.4) is 0 Å². The molecule has 1 saturated heterocycles. The quantitative estimate of drug-likeness (QED) is 0.675. The molecule has 1 fully saturated rings. The molecule has 0 N–H and O–H groups in total. The summed E-state index contributed by atoms with van der Waals surface area (Å²) >= 11 is 0. The van der Waals surface area contributed by atoms with E-state index >= 15 is 0 Å². The molecule has 0 amide bonds. The molecule has 6 nitrogen and oxygen atoms in total. The van der Waals surface area contributed by atoms with Crippen molar-refractivity contribution in [3.63, 3.8) is 0 Å². The third-order valence-corrected chi connectivity index (χ3v) is 5.09. The van der Waals surface area contributed by atoms with E-state index < -0.39 is 0 Å². The van der Waals surface area contributed by atoms with Gasteiger partial charge in [0.15, 0.2) is 0 Å². The largest absolute Gasteiger partial charge is 0.497 e. The van der Waals surface area contributed by atoms with E-state index in [1.807, 2.05) is 23.0 Å². The van der Waals surface area contributed by atoms with E-state index in [9.17, 15) is 0 Å². The van der Waals surface area contributed by atoms with Crippen LogP contribution in [0, 0.1) is 6.92 Å². The molecule has 1 aromatic heterocycles. The molecule has 146 valence electrons. The van der Waals surface area contributed by atoms with Crippen LogP contribution in [0.15, 0.2) is 31.0 Å². The highest BCUT2D eigenvalue weighted by Crippen LogP contribution is 2.27. The second-order valence-corrected chi connectivity index (χ2v) is 6.86. The Hall–Kier alpha value is -2.31. The number of ether oxygens (including phenoxy) is 3. The van der Waals surface area contributed by atoms with Gasteiger partial charge in [-0.2, -0.15) is 5.10 Å². The molecule has 0 spiro atoms. The summed E-state index contributed by atoms with van der Waals surface area (Å²) in [5.41, 5.74) is 3.44. The molecule has 0 radical (unpaired) electrons. The second kappa shape index (κ2) is 9.06. The number of nitrogens with zero attached hydrogens (tertiary/aromatic N) is 3. The van der Waals surface area contributed by atoms with Crippen LogP contribution < -0.4 is 9.47 Å². The number of methoxy groups -OCH3 is 2. The Kier molecular flexibility index (Phi) is 6.53. The van der Waals surface area contributed by atoms with E-state index in [-0.39, 0.29) is 6.10 Å². The first-order valence-corrected chi connectivity index (χ1v) is 9.35. The van der Waals surface area contributed by atoms with Gasteiger partial charge in [0.25, 0.3) is 0 Å². The first-order valence-electron chi connectivity index (χ1n) is 9.35. The Labute approximate surface area is 161 Å². The number of aromatic nitrogens is 2. The standard InChI is InChI=1S/C21H29N3O3/c1-5-24-16(2)18(12-22-24)14-23(15-20-7-6-10-27-20)13-17-8-9-19(25-3)11-21(17)26-4/h5,8-9,11-12,20H,1,6-7,10,13-15H2,2-4H3/t20-/m0/s1. The molecular weight excluding hydrogens is 342 g/mol. The van der Waals surface area contributed by atoms with Crippen molar-refractivity contribution in [1.29, 1.82) is 0 Å². The molecular formula is C21H29N3O3. The van der Waals surface area contributed by atoms with Crippen molar-refractivity contribution < 1.29 is 14.2 Å². The lowest BCUT2D eigenvalue weighted by molar-refractivity contribution is 0.0675. The average molecular weight is 371 g/mol. The zero-order valence-corrected chi connectivity index (χ0v) is 16.5. The van der Waals surface area contributed by atoms with Crippen LogP contribution in [0.2, 0.25) is 0 Å². The van der Waals surface area contributed by atoms with Crippen molar-refractivity contribution >= 4 is 6.20 Å². The minimum Gasteiger partial charge on any atom is -0.497 e. The van der Waals surface area contributed by atoms with E-state index in [0.29, 0.717) is 0 Å². The Balaban J connectivity index is 1.80. The lowest BCUT2D eigenvalue weighted by Gasteiger charge is -2.26. The predicted octanol–water partition coefficient (Wildman–Crippen LogP) is 3.49. The van der Waals surface area contributed by atoms with E-state index in [0.717, 1.165) is 61.8 Å². The molecule has 3 rings (SSSR count). The highest BCUT2D eigenvalue weighted by Gasteiger charge is 2.21. The van der Waals surface area contributed by atoms with Gasteiger partial charge in [0.2, 0.25) is 0 Å².